The van der Waals surface area contributed by atoms with E-state index >= 15 is 0 Å². The smallest absolute Gasteiger partial charge is 0.0510 e. The van der Waals surface area contributed by atoms with Gasteiger partial charge in [-0.25, -0.2) is 0 Å². The van der Waals surface area contributed by atoms with E-state index < -0.39 is 0 Å². The molecule has 0 saturated heterocycles. The predicted octanol–water partition coefficient (Wildman–Crippen LogP) is 3.96. The van der Waals surface area contributed by atoms with Gasteiger partial charge in [0.25, 0.3) is 0 Å². The molecule has 0 fully saturated rings. The summed E-state index contributed by atoms with van der Waals surface area (Å²) >= 11 is 2.40. The van der Waals surface area contributed by atoms with Gasteiger partial charge < -0.3 is 0 Å². The van der Waals surface area contributed by atoms with Gasteiger partial charge in [0.2, 0.25) is 0 Å². The Labute approximate surface area is 134 Å². The predicted molar refractivity (Wildman–Crippen MR) is 93.6 cm³/mol. The maximum Gasteiger partial charge on any atom is 0.0510 e. The second kappa shape index (κ2) is 6.70. The summed E-state index contributed by atoms with van der Waals surface area (Å²) in [6.45, 7) is 6.43. The number of hydrogen-bond donors (Lipinski definition) is 2. The molecule has 0 bridgehead atoms. The maximum atomic E-state index is 5.79. The number of aryl methyl sites for hydroxylation is 3. The molecular formula is C17H21IN2. The van der Waals surface area contributed by atoms with Gasteiger partial charge in [-0.05, 0) is 77.6 Å². The molecule has 0 saturated carbocycles. The molecule has 0 spiro atoms. The molecule has 0 aliphatic rings. The van der Waals surface area contributed by atoms with E-state index in [4.69, 9.17) is 5.84 Å². The SMILES string of the molecule is Cc1ccc(CC(NN)c2cccc(C)c2I)cc1C. The summed E-state index contributed by atoms with van der Waals surface area (Å²) < 4.78 is 1.29. The summed E-state index contributed by atoms with van der Waals surface area (Å²) in [5.74, 6) is 5.79. The van der Waals surface area contributed by atoms with Gasteiger partial charge in [0.05, 0.1) is 6.04 Å². The number of nitrogens with two attached hydrogens (primary N) is 1. The second-order valence-electron chi connectivity index (χ2n) is 5.32. The Morgan fingerprint density at radius 2 is 1.80 bits per heavy atom. The van der Waals surface area contributed by atoms with Gasteiger partial charge in [0, 0.05) is 3.57 Å². The normalized spacial score (nSPS) is 12.4. The average molecular weight is 380 g/mol. The van der Waals surface area contributed by atoms with E-state index in [-0.39, 0.29) is 6.04 Å². The Bertz CT molecular complexity index is 608. The van der Waals surface area contributed by atoms with Gasteiger partial charge >= 0.3 is 0 Å². The minimum Gasteiger partial charge on any atom is -0.271 e. The fourth-order valence-electron chi connectivity index (χ4n) is 2.36. The highest BCUT2D eigenvalue weighted by Gasteiger charge is 2.14. The van der Waals surface area contributed by atoms with Gasteiger partial charge in [-0.1, -0.05) is 36.4 Å². The lowest BCUT2D eigenvalue weighted by molar-refractivity contribution is 0.549. The van der Waals surface area contributed by atoms with Gasteiger partial charge in [-0.15, -0.1) is 0 Å². The summed E-state index contributed by atoms with van der Waals surface area (Å²) in [7, 11) is 0. The molecule has 0 amide bonds. The van der Waals surface area contributed by atoms with Gasteiger partial charge in [-0.2, -0.15) is 0 Å². The lowest BCUT2D eigenvalue weighted by Crippen LogP contribution is -2.30. The van der Waals surface area contributed by atoms with E-state index in [1.165, 1.54) is 31.4 Å². The quantitative estimate of drug-likeness (QED) is 0.479. The lowest BCUT2D eigenvalue weighted by Gasteiger charge is -2.19. The third kappa shape index (κ3) is 3.40. The minimum absolute atomic E-state index is 0.143. The van der Waals surface area contributed by atoms with Crippen LogP contribution >= 0.6 is 22.6 Å². The maximum absolute atomic E-state index is 5.79. The number of halogens is 1. The van der Waals surface area contributed by atoms with Gasteiger partial charge in [0.15, 0.2) is 0 Å². The van der Waals surface area contributed by atoms with Crippen molar-refractivity contribution in [3.05, 3.63) is 67.8 Å². The van der Waals surface area contributed by atoms with Crippen LogP contribution < -0.4 is 11.3 Å². The van der Waals surface area contributed by atoms with Crippen molar-refractivity contribution in [2.24, 2.45) is 5.84 Å². The number of hydrogen-bond acceptors (Lipinski definition) is 2. The Balaban J connectivity index is 2.28. The molecule has 0 aliphatic heterocycles. The van der Waals surface area contributed by atoms with Crippen LogP contribution in [-0.4, -0.2) is 0 Å². The Kier molecular flexibility index (Phi) is 5.18. The monoisotopic (exact) mass is 380 g/mol. The molecule has 3 N–H and O–H groups in total. The van der Waals surface area contributed by atoms with Crippen LogP contribution in [-0.2, 0) is 6.42 Å². The van der Waals surface area contributed by atoms with Crippen LogP contribution in [0.3, 0.4) is 0 Å². The summed E-state index contributed by atoms with van der Waals surface area (Å²) in [4.78, 5) is 0. The topological polar surface area (TPSA) is 38.0 Å². The number of rotatable bonds is 4. The first-order valence-corrected chi connectivity index (χ1v) is 7.88. The fraction of sp³-hybridized carbons (Fsp3) is 0.294. The van der Waals surface area contributed by atoms with Crippen molar-refractivity contribution in [1.29, 1.82) is 0 Å². The third-order valence-corrected chi connectivity index (χ3v) is 5.28. The highest BCUT2D eigenvalue weighted by atomic mass is 127. The highest BCUT2D eigenvalue weighted by molar-refractivity contribution is 14.1. The zero-order valence-electron chi connectivity index (χ0n) is 12.2. The molecule has 3 heteroatoms. The molecule has 20 heavy (non-hydrogen) atoms. The molecule has 0 radical (unpaired) electrons. The van der Waals surface area contributed by atoms with Crippen molar-refractivity contribution in [2.75, 3.05) is 0 Å². The van der Waals surface area contributed by atoms with Crippen LogP contribution in [0.2, 0.25) is 0 Å². The first kappa shape index (κ1) is 15.5. The van der Waals surface area contributed by atoms with Crippen molar-refractivity contribution < 1.29 is 0 Å². The van der Waals surface area contributed by atoms with Crippen LogP contribution in [0.5, 0.6) is 0 Å². The summed E-state index contributed by atoms with van der Waals surface area (Å²) in [5, 5.41) is 0. The van der Waals surface area contributed by atoms with Crippen molar-refractivity contribution >= 4 is 22.6 Å². The first-order valence-electron chi connectivity index (χ1n) is 6.80. The molecule has 106 valence electrons. The van der Waals surface area contributed by atoms with E-state index in [1.54, 1.807) is 0 Å². The van der Waals surface area contributed by atoms with Gasteiger partial charge in [0.1, 0.15) is 0 Å². The molecule has 2 aromatic carbocycles. The Hall–Kier alpha value is -0.910. The van der Waals surface area contributed by atoms with Gasteiger partial charge in [-0.3, -0.25) is 11.3 Å². The molecule has 2 aromatic rings. The number of hydrazine groups is 1. The minimum atomic E-state index is 0.143. The van der Waals surface area contributed by atoms with Crippen molar-refractivity contribution in [3.63, 3.8) is 0 Å². The van der Waals surface area contributed by atoms with E-state index in [2.05, 4.69) is 85.2 Å². The summed E-state index contributed by atoms with van der Waals surface area (Å²) in [5.41, 5.74) is 9.50. The van der Waals surface area contributed by atoms with E-state index in [0.29, 0.717) is 0 Å². The number of benzene rings is 2. The van der Waals surface area contributed by atoms with Crippen LogP contribution in [0, 0.1) is 24.3 Å². The molecule has 0 heterocycles. The molecule has 0 aromatic heterocycles. The molecule has 1 unspecified atom stereocenters. The summed E-state index contributed by atoms with van der Waals surface area (Å²) in [6.07, 6.45) is 0.900. The zero-order chi connectivity index (χ0) is 14.7. The number of nitrogens with one attached hydrogen (secondary N) is 1. The Morgan fingerprint density at radius 3 is 2.45 bits per heavy atom. The molecule has 1 atom stereocenters. The van der Waals surface area contributed by atoms with Crippen molar-refractivity contribution in [2.45, 2.75) is 33.2 Å². The average Bonchev–Trinajstić information content (AvgIpc) is 2.43. The molecule has 2 nitrogen and oxygen atoms in total. The lowest BCUT2D eigenvalue weighted by atomic mass is 9.96. The Morgan fingerprint density at radius 1 is 1.05 bits per heavy atom. The van der Waals surface area contributed by atoms with Crippen molar-refractivity contribution in [3.8, 4) is 0 Å². The standard InChI is InChI=1S/C17H21IN2/c1-11-7-8-14(9-13(11)3)10-16(20-19)15-6-4-5-12(2)17(15)18/h4-9,16,20H,10,19H2,1-3H3. The molecule has 2 rings (SSSR count). The fourth-order valence-corrected chi connectivity index (χ4v) is 3.10. The van der Waals surface area contributed by atoms with Crippen LogP contribution in [0.1, 0.15) is 33.9 Å². The highest BCUT2D eigenvalue weighted by Crippen LogP contribution is 2.25. The second-order valence-corrected chi connectivity index (χ2v) is 6.40. The van der Waals surface area contributed by atoms with E-state index in [0.717, 1.165) is 6.42 Å². The zero-order valence-corrected chi connectivity index (χ0v) is 14.4. The van der Waals surface area contributed by atoms with Crippen LogP contribution in [0.15, 0.2) is 36.4 Å². The first-order chi connectivity index (χ1) is 9.52. The summed E-state index contributed by atoms with van der Waals surface area (Å²) in [6, 6.07) is 13.1. The largest absolute Gasteiger partial charge is 0.271 e. The van der Waals surface area contributed by atoms with Crippen LogP contribution in [0.25, 0.3) is 0 Å². The van der Waals surface area contributed by atoms with Crippen molar-refractivity contribution in [1.82, 2.24) is 5.43 Å². The van der Waals surface area contributed by atoms with Crippen LogP contribution in [0.4, 0.5) is 0 Å². The molecule has 0 aliphatic carbocycles. The van der Waals surface area contributed by atoms with E-state index in [1.807, 2.05) is 0 Å². The van der Waals surface area contributed by atoms with E-state index in [9.17, 15) is 0 Å². The third-order valence-electron chi connectivity index (χ3n) is 3.81. The molecular weight excluding hydrogens is 359 g/mol.